The minimum absolute atomic E-state index is 0.0762. The van der Waals surface area contributed by atoms with Gasteiger partial charge in [-0.3, -0.25) is 0 Å². The molecular formula is C14H10BrClF2O. The second kappa shape index (κ2) is 5.88. The molecule has 0 amide bonds. The molecule has 2 rings (SSSR count). The molecule has 1 unspecified atom stereocenters. The van der Waals surface area contributed by atoms with Gasteiger partial charge in [-0.1, -0.05) is 12.1 Å². The average Bonchev–Trinajstić information content (AvgIpc) is 2.42. The van der Waals surface area contributed by atoms with Gasteiger partial charge in [0.25, 0.3) is 0 Å². The fraction of sp³-hybridized carbons (Fsp3) is 0.143. The maximum atomic E-state index is 13.8. The third kappa shape index (κ3) is 3.07. The van der Waals surface area contributed by atoms with E-state index in [4.69, 9.17) is 16.3 Å². The Balaban J connectivity index is 2.37. The second-order valence-electron chi connectivity index (χ2n) is 3.92. The zero-order valence-electron chi connectivity index (χ0n) is 9.96. The van der Waals surface area contributed by atoms with Crippen molar-refractivity contribution in [3.63, 3.8) is 0 Å². The average molecular weight is 348 g/mol. The normalized spacial score (nSPS) is 12.3. The van der Waals surface area contributed by atoms with E-state index in [1.54, 1.807) is 31.4 Å². The Bertz CT molecular complexity index is 587. The molecule has 0 spiro atoms. The summed E-state index contributed by atoms with van der Waals surface area (Å²) < 4.78 is 32.4. The Labute approximate surface area is 123 Å². The van der Waals surface area contributed by atoms with Crippen molar-refractivity contribution in [2.75, 3.05) is 7.11 Å². The lowest BCUT2D eigenvalue weighted by atomic mass is 10.0. The molecule has 0 aliphatic heterocycles. The zero-order valence-corrected chi connectivity index (χ0v) is 12.3. The second-order valence-corrected chi connectivity index (χ2v) is 5.21. The van der Waals surface area contributed by atoms with Gasteiger partial charge in [-0.2, -0.15) is 0 Å². The van der Waals surface area contributed by atoms with Crippen LogP contribution in [-0.4, -0.2) is 7.11 Å². The molecule has 1 atom stereocenters. The quantitative estimate of drug-likeness (QED) is 0.557. The Kier molecular flexibility index (Phi) is 4.42. The van der Waals surface area contributed by atoms with Gasteiger partial charge < -0.3 is 4.74 Å². The first-order valence-electron chi connectivity index (χ1n) is 5.45. The molecule has 0 bridgehead atoms. The van der Waals surface area contributed by atoms with Crippen molar-refractivity contribution >= 4 is 27.5 Å². The first-order chi connectivity index (χ1) is 9.02. The summed E-state index contributed by atoms with van der Waals surface area (Å²) >= 11 is 9.12. The van der Waals surface area contributed by atoms with E-state index in [2.05, 4.69) is 15.9 Å². The highest BCUT2D eigenvalue weighted by molar-refractivity contribution is 9.10. The number of rotatable bonds is 3. The number of hydrogen-bond acceptors (Lipinski definition) is 1. The number of methoxy groups -OCH3 is 1. The molecule has 0 aliphatic carbocycles. The smallest absolute Gasteiger partial charge is 0.137 e. The predicted molar refractivity (Wildman–Crippen MR) is 74.7 cm³/mol. The number of hydrogen-bond donors (Lipinski definition) is 0. The summed E-state index contributed by atoms with van der Waals surface area (Å²) in [4.78, 5) is 0. The molecule has 2 aromatic carbocycles. The number of alkyl halides is 1. The van der Waals surface area contributed by atoms with E-state index in [1.807, 2.05) is 0 Å². The molecule has 0 fully saturated rings. The van der Waals surface area contributed by atoms with Gasteiger partial charge in [0.15, 0.2) is 0 Å². The Hall–Kier alpha value is -1.13. The first kappa shape index (κ1) is 14.3. The van der Waals surface area contributed by atoms with E-state index in [1.165, 1.54) is 0 Å². The van der Waals surface area contributed by atoms with Gasteiger partial charge in [-0.15, -0.1) is 11.6 Å². The van der Waals surface area contributed by atoms with Crippen molar-refractivity contribution in [2.45, 2.75) is 5.38 Å². The van der Waals surface area contributed by atoms with Gasteiger partial charge in [-0.05, 0) is 45.8 Å². The van der Waals surface area contributed by atoms with E-state index in [9.17, 15) is 8.78 Å². The summed E-state index contributed by atoms with van der Waals surface area (Å²) in [6.07, 6.45) is 0. The maximum absolute atomic E-state index is 13.8. The first-order valence-corrected chi connectivity index (χ1v) is 6.68. The molecule has 0 N–H and O–H groups in total. The van der Waals surface area contributed by atoms with Crippen LogP contribution in [0.1, 0.15) is 16.5 Å². The van der Waals surface area contributed by atoms with Crippen LogP contribution in [0.25, 0.3) is 0 Å². The van der Waals surface area contributed by atoms with E-state index in [0.29, 0.717) is 11.3 Å². The molecule has 0 saturated heterocycles. The molecule has 5 heteroatoms. The van der Waals surface area contributed by atoms with Crippen LogP contribution in [0, 0.1) is 11.6 Å². The number of halogens is 4. The maximum Gasteiger partial charge on any atom is 0.137 e. The lowest BCUT2D eigenvalue weighted by molar-refractivity contribution is 0.414. The number of benzene rings is 2. The highest BCUT2D eigenvalue weighted by Crippen LogP contribution is 2.33. The fourth-order valence-corrected chi connectivity index (χ4v) is 2.31. The fourth-order valence-electron chi connectivity index (χ4n) is 1.68. The van der Waals surface area contributed by atoms with Crippen molar-refractivity contribution < 1.29 is 13.5 Å². The molecule has 0 aromatic heterocycles. The van der Waals surface area contributed by atoms with E-state index in [-0.39, 0.29) is 10.0 Å². The van der Waals surface area contributed by atoms with Crippen LogP contribution in [0.3, 0.4) is 0 Å². The third-order valence-electron chi connectivity index (χ3n) is 2.72. The highest BCUT2D eigenvalue weighted by Gasteiger charge is 2.18. The van der Waals surface area contributed by atoms with Crippen LogP contribution in [-0.2, 0) is 0 Å². The topological polar surface area (TPSA) is 9.23 Å². The lowest BCUT2D eigenvalue weighted by Crippen LogP contribution is -1.99. The van der Waals surface area contributed by atoms with E-state index < -0.39 is 17.0 Å². The number of ether oxygens (including phenoxy) is 1. The molecule has 0 radical (unpaired) electrons. The molecule has 1 nitrogen and oxygen atoms in total. The summed E-state index contributed by atoms with van der Waals surface area (Å²) in [5.74, 6) is -0.422. The van der Waals surface area contributed by atoms with Crippen LogP contribution in [0.2, 0.25) is 0 Å². The predicted octanol–water partition coefficient (Wildman–Crippen LogP) is 5.06. The molecular weight excluding hydrogens is 338 g/mol. The molecule has 0 aliphatic rings. The molecule has 0 heterocycles. The zero-order chi connectivity index (χ0) is 14.0. The van der Waals surface area contributed by atoms with Crippen molar-refractivity contribution in [1.29, 1.82) is 0 Å². The van der Waals surface area contributed by atoms with Crippen molar-refractivity contribution in [2.24, 2.45) is 0 Å². The standard InChI is InChI=1S/C14H10BrClF2O/c1-19-9-4-2-8(3-5-9)14(16)10-6-13(18)11(15)7-12(10)17/h2-7,14H,1H3. The van der Waals surface area contributed by atoms with Crippen LogP contribution in [0.4, 0.5) is 8.78 Å². The molecule has 100 valence electrons. The van der Waals surface area contributed by atoms with Gasteiger partial charge in [0.05, 0.1) is 17.0 Å². The highest BCUT2D eigenvalue weighted by atomic mass is 79.9. The van der Waals surface area contributed by atoms with Crippen molar-refractivity contribution in [3.8, 4) is 5.75 Å². The van der Waals surface area contributed by atoms with Gasteiger partial charge in [0.1, 0.15) is 17.4 Å². The summed E-state index contributed by atoms with van der Waals surface area (Å²) in [5.41, 5.74) is 0.774. The van der Waals surface area contributed by atoms with Crippen LogP contribution < -0.4 is 4.74 Å². The van der Waals surface area contributed by atoms with E-state index in [0.717, 1.165) is 12.1 Å². The van der Waals surface area contributed by atoms with Crippen molar-refractivity contribution in [1.82, 2.24) is 0 Å². The summed E-state index contributed by atoms with van der Waals surface area (Å²) in [6, 6.07) is 9.05. The van der Waals surface area contributed by atoms with Gasteiger partial charge in [0, 0.05) is 5.56 Å². The van der Waals surface area contributed by atoms with Crippen LogP contribution in [0.5, 0.6) is 5.75 Å². The van der Waals surface area contributed by atoms with E-state index >= 15 is 0 Å². The third-order valence-corrected chi connectivity index (χ3v) is 3.82. The largest absolute Gasteiger partial charge is 0.497 e. The van der Waals surface area contributed by atoms with Crippen LogP contribution >= 0.6 is 27.5 Å². The van der Waals surface area contributed by atoms with Gasteiger partial charge in [-0.25, -0.2) is 8.78 Å². The Morgan fingerprint density at radius 3 is 2.32 bits per heavy atom. The summed E-state index contributed by atoms with van der Waals surface area (Å²) in [5, 5.41) is -0.756. The molecule has 19 heavy (non-hydrogen) atoms. The Morgan fingerprint density at radius 1 is 1.11 bits per heavy atom. The van der Waals surface area contributed by atoms with Crippen molar-refractivity contribution in [3.05, 3.63) is 63.6 Å². The SMILES string of the molecule is COc1ccc(C(Cl)c2cc(F)c(Br)cc2F)cc1. The Morgan fingerprint density at radius 2 is 1.74 bits per heavy atom. The van der Waals surface area contributed by atoms with Gasteiger partial charge >= 0.3 is 0 Å². The van der Waals surface area contributed by atoms with Crippen LogP contribution in [0.15, 0.2) is 40.9 Å². The monoisotopic (exact) mass is 346 g/mol. The lowest BCUT2D eigenvalue weighted by Gasteiger charge is -2.12. The summed E-state index contributed by atoms with van der Waals surface area (Å²) in [6.45, 7) is 0. The molecule has 2 aromatic rings. The minimum Gasteiger partial charge on any atom is -0.497 e. The molecule has 0 saturated carbocycles. The van der Waals surface area contributed by atoms with Gasteiger partial charge in [0.2, 0.25) is 0 Å². The summed E-state index contributed by atoms with van der Waals surface area (Å²) in [7, 11) is 1.55. The minimum atomic E-state index is -0.756.